The van der Waals surface area contributed by atoms with Crippen molar-refractivity contribution in [2.45, 2.75) is 48.8 Å². The molecule has 1 aromatic heterocycles. The Morgan fingerprint density at radius 2 is 1.87 bits per heavy atom. The number of pyridine rings is 1. The van der Waals surface area contributed by atoms with Crippen molar-refractivity contribution in [1.29, 1.82) is 0 Å². The van der Waals surface area contributed by atoms with Crippen LogP contribution >= 0.6 is 23.2 Å². The van der Waals surface area contributed by atoms with Crippen LogP contribution in [0.15, 0.2) is 47.5 Å². The molecular formula is C20H19Cl2N3O4S. The largest absolute Gasteiger partial charge is 0.324 e. The SMILES string of the molecule is O=C[C@@H]1[C@@H]2CCCC(C(=O)N1Cc1ccccn1)N2S(=O)(=O)c1cc(Cl)cc(Cl)c1. The first kappa shape index (κ1) is 21.2. The van der Waals surface area contributed by atoms with E-state index in [-0.39, 0.29) is 21.5 Å². The third-order valence-corrected chi connectivity index (χ3v) is 7.89. The Hall–Kier alpha value is -2.00. The van der Waals surface area contributed by atoms with E-state index in [4.69, 9.17) is 23.2 Å². The highest BCUT2D eigenvalue weighted by atomic mass is 35.5. The van der Waals surface area contributed by atoms with Crippen LogP contribution in [-0.2, 0) is 26.2 Å². The molecule has 0 aliphatic carbocycles. The molecular weight excluding hydrogens is 449 g/mol. The lowest BCUT2D eigenvalue weighted by atomic mass is 9.88. The zero-order chi connectivity index (χ0) is 21.5. The van der Waals surface area contributed by atoms with Gasteiger partial charge in [0.25, 0.3) is 0 Å². The number of nitrogens with zero attached hydrogens (tertiary/aromatic N) is 3. The molecule has 1 amide bonds. The summed E-state index contributed by atoms with van der Waals surface area (Å²) >= 11 is 12.0. The molecule has 0 N–H and O–H groups in total. The predicted molar refractivity (Wildman–Crippen MR) is 112 cm³/mol. The topological polar surface area (TPSA) is 87.7 Å². The van der Waals surface area contributed by atoms with Gasteiger partial charge in [-0.25, -0.2) is 8.42 Å². The van der Waals surface area contributed by atoms with Crippen molar-refractivity contribution >= 4 is 45.4 Å². The Balaban J connectivity index is 1.74. The fraction of sp³-hybridized carbons (Fsp3) is 0.350. The summed E-state index contributed by atoms with van der Waals surface area (Å²) in [7, 11) is -4.10. The molecule has 1 aromatic carbocycles. The average Bonchev–Trinajstić information content (AvgIpc) is 2.72. The number of piperazine rings is 1. The number of likely N-dealkylation sites (tertiary alicyclic amines) is 1. The van der Waals surface area contributed by atoms with Crippen molar-refractivity contribution in [3.63, 3.8) is 0 Å². The Kier molecular flexibility index (Phi) is 5.85. The number of hydrogen-bond donors (Lipinski definition) is 0. The number of piperidine rings is 1. The van der Waals surface area contributed by atoms with Gasteiger partial charge in [0, 0.05) is 16.2 Å². The van der Waals surface area contributed by atoms with Gasteiger partial charge in [-0.05, 0) is 49.6 Å². The molecule has 3 heterocycles. The maximum Gasteiger partial charge on any atom is 0.244 e. The van der Waals surface area contributed by atoms with E-state index in [9.17, 15) is 18.0 Å². The van der Waals surface area contributed by atoms with Crippen LogP contribution in [0.2, 0.25) is 10.0 Å². The summed E-state index contributed by atoms with van der Waals surface area (Å²) in [6.45, 7) is 0.146. The number of aromatic nitrogens is 1. The van der Waals surface area contributed by atoms with E-state index in [1.165, 1.54) is 27.4 Å². The van der Waals surface area contributed by atoms with E-state index >= 15 is 0 Å². The molecule has 2 saturated heterocycles. The highest BCUT2D eigenvalue weighted by Gasteiger charge is 2.53. The van der Waals surface area contributed by atoms with Gasteiger partial charge in [0.2, 0.25) is 15.9 Å². The molecule has 0 saturated carbocycles. The fourth-order valence-corrected chi connectivity index (χ4v) is 6.83. The van der Waals surface area contributed by atoms with Crippen molar-refractivity contribution in [2.24, 2.45) is 0 Å². The fourth-order valence-electron chi connectivity index (χ4n) is 4.26. The molecule has 0 spiro atoms. The summed E-state index contributed by atoms with van der Waals surface area (Å²) in [4.78, 5) is 30.9. The van der Waals surface area contributed by atoms with Crippen LogP contribution in [0.3, 0.4) is 0 Å². The van der Waals surface area contributed by atoms with Crippen LogP contribution in [0.1, 0.15) is 25.0 Å². The van der Waals surface area contributed by atoms with E-state index in [1.807, 2.05) is 0 Å². The van der Waals surface area contributed by atoms with E-state index in [0.29, 0.717) is 31.2 Å². The maximum absolute atomic E-state index is 13.5. The Labute approximate surface area is 184 Å². The molecule has 2 aromatic rings. The van der Waals surface area contributed by atoms with Gasteiger partial charge in [0.15, 0.2) is 0 Å². The number of halogens is 2. The number of benzene rings is 1. The Morgan fingerprint density at radius 1 is 1.13 bits per heavy atom. The quantitative estimate of drug-likeness (QED) is 0.630. The van der Waals surface area contributed by atoms with E-state index in [2.05, 4.69) is 4.98 Å². The van der Waals surface area contributed by atoms with Crippen LogP contribution in [0.25, 0.3) is 0 Å². The molecule has 10 heteroatoms. The van der Waals surface area contributed by atoms with Gasteiger partial charge in [0.1, 0.15) is 18.4 Å². The van der Waals surface area contributed by atoms with Crippen molar-refractivity contribution in [1.82, 2.24) is 14.2 Å². The number of carbonyl (C=O) groups excluding carboxylic acids is 2. The van der Waals surface area contributed by atoms with Crippen LogP contribution in [-0.4, -0.2) is 52.9 Å². The number of aldehydes is 1. The second-order valence-electron chi connectivity index (χ2n) is 7.37. The first-order valence-electron chi connectivity index (χ1n) is 9.48. The van der Waals surface area contributed by atoms with Gasteiger partial charge < -0.3 is 9.69 Å². The van der Waals surface area contributed by atoms with Crippen molar-refractivity contribution in [3.8, 4) is 0 Å². The molecule has 1 unspecified atom stereocenters. The standard InChI is InChI=1S/C20H19Cl2N3O4S/c21-13-8-14(22)10-16(9-13)30(28,29)25-17-5-3-6-18(25)20(27)24(19(17)12-26)11-15-4-1-2-7-23-15/h1-2,4,7-10,12,17-19H,3,5-6,11H2/t17-,18?,19+/m0/s1. The van der Waals surface area contributed by atoms with Gasteiger partial charge in [-0.3, -0.25) is 9.78 Å². The number of carbonyl (C=O) groups is 2. The highest BCUT2D eigenvalue weighted by Crippen LogP contribution is 2.38. The lowest BCUT2D eigenvalue weighted by Gasteiger charge is -2.51. The molecule has 2 aliphatic rings. The minimum Gasteiger partial charge on any atom is -0.324 e. The molecule has 7 nitrogen and oxygen atoms in total. The number of amides is 1. The first-order valence-corrected chi connectivity index (χ1v) is 11.7. The summed E-state index contributed by atoms with van der Waals surface area (Å²) in [5, 5.41) is 0.358. The first-order chi connectivity index (χ1) is 14.3. The smallest absolute Gasteiger partial charge is 0.244 e. The summed E-state index contributed by atoms with van der Waals surface area (Å²) in [6.07, 6.45) is 3.78. The van der Waals surface area contributed by atoms with Crippen LogP contribution in [0.4, 0.5) is 0 Å². The minimum atomic E-state index is -4.10. The molecule has 2 bridgehead atoms. The van der Waals surface area contributed by atoms with E-state index < -0.39 is 34.1 Å². The van der Waals surface area contributed by atoms with Crippen molar-refractivity contribution < 1.29 is 18.0 Å². The molecule has 2 aliphatic heterocycles. The lowest BCUT2D eigenvalue weighted by molar-refractivity contribution is -0.152. The molecule has 3 atom stereocenters. The molecule has 30 heavy (non-hydrogen) atoms. The lowest BCUT2D eigenvalue weighted by Crippen LogP contribution is -2.69. The van der Waals surface area contributed by atoms with Gasteiger partial charge >= 0.3 is 0 Å². The summed E-state index contributed by atoms with van der Waals surface area (Å²) in [6, 6.07) is 6.93. The number of rotatable bonds is 5. The highest BCUT2D eigenvalue weighted by molar-refractivity contribution is 7.89. The Bertz CT molecular complexity index is 1060. The van der Waals surface area contributed by atoms with Crippen molar-refractivity contribution in [2.75, 3.05) is 0 Å². The molecule has 158 valence electrons. The number of hydrogen-bond acceptors (Lipinski definition) is 5. The van der Waals surface area contributed by atoms with Gasteiger partial charge in [-0.2, -0.15) is 4.31 Å². The normalized spacial score (nSPS) is 24.7. The number of fused-ring (bicyclic) bond motifs is 2. The van der Waals surface area contributed by atoms with Crippen LogP contribution < -0.4 is 0 Å². The second-order valence-corrected chi connectivity index (χ2v) is 10.1. The van der Waals surface area contributed by atoms with Crippen LogP contribution in [0.5, 0.6) is 0 Å². The minimum absolute atomic E-state index is 0.0903. The predicted octanol–water partition coefficient (Wildman–Crippen LogP) is 2.91. The molecule has 0 radical (unpaired) electrons. The number of sulfonamides is 1. The zero-order valence-corrected chi connectivity index (χ0v) is 18.1. The average molecular weight is 468 g/mol. The third-order valence-electron chi connectivity index (χ3n) is 5.54. The van der Waals surface area contributed by atoms with E-state index in [0.717, 1.165) is 0 Å². The van der Waals surface area contributed by atoms with Crippen LogP contribution in [0, 0.1) is 0 Å². The third kappa shape index (κ3) is 3.73. The summed E-state index contributed by atoms with van der Waals surface area (Å²) in [5.74, 6) is -0.398. The van der Waals surface area contributed by atoms with E-state index in [1.54, 1.807) is 24.4 Å². The zero-order valence-electron chi connectivity index (χ0n) is 15.8. The van der Waals surface area contributed by atoms with Gasteiger partial charge in [-0.1, -0.05) is 29.3 Å². The Morgan fingerprint density at radius 3 is 2.50 bits per heavy atom. The molecule has 4 rings (SSSR count). The maximum atomic E-state index is 13.5. The van der Waals surface area contributed by atoms with Crippen molar-refractivity contribution in [3.05, 3.63) is 58.3 Å². The summed E-state index contributed by atoms with van der Waals surface area (Å²) in [5.41, 5.74) is 0.633. The second kappa shape index (κ2) is 8.26. The monoisotopic (exact) mass is 467 g/mol. The molecule has 2 fully saturated rings. The van der Waals surface area contributed by atoms with Gasteiger partial charge in [0.05, 0.1) is 23.2 Å². The van der Waals surface area contributed by atoms with Gasteiger partial charge in [-0.15, -0.1) is 0 Å². The summed E-state index contributed by atoms with van der Waals surface area (Å²) < 4.78 is 28.2.